The van der Waals surface area contributed by atoms with Crippen molar-refractivity contribution in [3.63, 3.8) is 0 Å². The van der Waals surface area contributed by atoms with Crippen LogP contribution in [0.4, 0.5) is 5.69 Å². The Labute approximate surface area is 156 Å². The predicted octanol–water partition coefficient (Wildman–Crippen LogP) is 2.98. The molecule has 27 heavy (non-hydrogen) atoms. The molecule has 0 bridgehead atoms. The smallest absolute Gasteiger partial charge is 0.262 e. The first-order valence-corrected chi connectivity index (χ1v) is 8.65. The van der Waals surface area contributed by atoms with Crippen molar-refractivity contribution < 1.29 is 19.1 Å². The summed E-state index contributed by atoms with van der Waals surface area (Å²) in [6, 6.07) is 18.9. The van der Waals surface area contributed by atoms with E-state index >= 15 is 0 Å². The first kappa shape index (κ1) is 16.9. The van der Waals surface area contributed by atoms with Crippen molar-refractivity contribution in [3.05, 3.63) is 66.2 Å². The summed E-state index contributed by atoms with van der Waals surface area (Å²) in [6.45, 7) is 0.694. The lowest BCUT2D eigenvalue weighted by Gasteiger charge is -2.18. The Balaban J connectivity index is 1.31. The number of hydrogen-bond acceptors (Lipinski definition) is 4. The Morgan fingerprint density at radius 3 is 2.81 bits per heavy atom. The van der Waals surface area contributed by atoms with Crippen molar-refractivity contribution in [1.29, 1.82) is 0 Å². The maximum Gasteiger partial charge on any atom is 0.262 e. The monoisotopic (exact) mass is 362 g/mol. The third kappa shape index (κ3) is 3.84. The van der Waals surface area contributed by atoms with Gasteiger partial charge in [-0.25, -0.2) is 0 Å². The van der Waals surface area contributed by atoms with Crippen molar-refractivity contribution in [2.24, 2.45) is 0 Å². The summed E-state index contributed by atoms with van der Waals surface area (Å²) < 4.78 is 11.0. The van der Waals surface area contributed by atoms with Gasteiger partial charge in [0, 0.05) is 5.56 Å². The van der Waals surface area contributed by atoms with E-state index in [9.17, 15) is 9.59 Å². The fourth-order valence-corrected chi connectivity index (χ4v) is 2.91. The van der Waals surface area contributed by atoms with Crippen LogP contribution in [0.25, 0.3) is 10.8 Å². The van der Waals surface area contributed by atoms with E-state index < -0.39 is 0 Å². The fraction of sp³-hybridized carbons (Fsp3) is 0.143. The van der Waals surface area contributed by atoms with Crippen LogP contribution in [0, 0.1) is 0 Å². The van der Waals surface area contributed by atoms with Crippen molar-refractivity contribution in [2.45, 2.75) is 0 Å². The van der Waals surface area contributed by atoms with E-state index in [2.05, 4.69) is 10.6 Å². The molecule has 1 heterocycles. The maximum absolute atomic E-state index is 12.3. The van der Waals surface area contributed by atoms with E-state index in [-0.39, 0.29) is 18.4 Å². The number of anilines is 1. The molecule has 0 aliphatic carbocycles. The minimum Gasteiger partial charge on any atom is -0.492 e. The van der Waals surface area contributed by atoms with Crippen LogP contribution in [0.1, 0.15) is 10.4 Å². The predicted molar refractivity (Wildman–Crippen MR) is 102 cm³/mol. The highest BCUT2D eigenvalue weighted by molar-refractivity contribution is 5.99. The topological polar surface area (TPSA) is 76.7 Å². The number of rotatable bonds is 5. The average Bonchev–Trinajstić information content (AvgIpc) is 2.70. The van der Waals surface area contributed by atoms with E-state index in [0.717, 1.165) is 16.5 Å². The van der Waals surface area contributed by atoms with Gasteiger partial charge in [0.2, 0.25) is 0 Å². The lowest BCUT2D eigenvalue weighted by molar-refractivity contribution is -0.118. The van der Waals surface area contributed by atoms with Crippen LogP contribution in [0.2, 0.25) is 0 Å². The molecule has 0 fully saturated rings. The average molecular weight is 362 g/mol. The molecular weight excluding hydrogens is 344 g/mol. The van der Waals surface area contributed by atoms with Crippen molar-refractivity contribution in [3.8, 4) is 11.5 Å². The third-order valence-corrected chi connectivity index (χ3v) is 4.25. The normalized spacial score (nSPS) is 12.7. The highest BCUT2D eigenvalue weighted by atomic mass is 16.5. The van der Waals surface area contributed by atoms with Crippen LogP contribution in [0.3, 0.4) is 0 Å². The van der Waals surface area contributed by atoms with Gasteiger partial charge in [0.25, 0.3) is 11.8 Å². The minimum atomic E-state index is -0.222. The number of hydrogen-bond donors (Lipinski definition) is 2. The summed E-state index contributed by atoms with van der Waals surface area (Å²) in [5.74, 6) is 0.835. The SMILES string of the molecule is O=C1COc2cc(C(=O)NCCOc3ccc4ccccc4c3)ccc2N1. The molecule has 3 aromatic carbocycles. The number of nitrogens with one attached hydrogen (secondary N) is 2. The van der Waals surface area contributed by atoms with Crippen molar-refractivity contribution in [1.82, 2.24) is 5.32 Å². The van der Waals surface area contributed by atoms with Gasteiger partial charge in [0.15, 0.2) is 6.61 Å². The quantitative estimate of drug-likeness (QED) is 0.684. The van der Waals surface area contributed by atoms with E-state index in [4.69, 9.17) is 9.47 Å². The molecule has 0 aromatic heterocycles. The summed E-state index contributed by atoms with van der Waals surface area (Å²) in [7, 11) is 0. The molecule has 1 aliphatic rings. The molecule has 2 N–H and O–H groups in total. The first-order chi connectivity index (χ1) is 13.2. The third-order valence-electron chi connectivity index (χ3n) is 4.25. The molecule has 0 radical (unpaired) electrons. The maximum atomic E-state index is 12.3. The zero-order chi connectivity index (χ0) is 18.6. The molecule has 3 aromatic rings. The van der Waals surface area contributed by atoms with E-state index in [0.29, 0.717) is 30.2 Å². The summed E-state index contributed by atoms with van der Waals surface area (Å²) in [4.78, 5) is 23.6. The van der Waals surface area contributed by atoms with Crippen LogP contribution in [-0.2, 0) is 4.79 Å². The van der Waals surface area contributed by atoms with E-state index in [1.165, 1.54) is 0 Å². The second-order valence-electron chi connectivity index (χ2n) is 6.16. The Morgan fingerprint density at radius 2 is 1.93 bits per heavy atom. The van der Waals surface area contributed by atoms with Crippen molar-refractivity contribution >= 4 is 28.3 Å². The molecular formula is C21H18N2O4. The molecule has 4 rings (SSSR count). The molecule has 1 aliphatic heterocycles. The van der Waals surface area contributed by atoms with Crippen molar-refractivity contribution in [2.75, 3.05) is 25.1 Å². The summed E-state index contributed by atoms with van der Waals surface area (Å²) in [6.07, 6.45) is 0. The van der Waals surface area contributed by atoms with Gasteiger partial charge in [-0.15, -0.1) is 0 Å². The molecule has 136 valence electrons. The molecule has 0 saturated heterocycles. The van der Waals surface area contributed by atoms with Gasteiger partial charge in [-0.3, -0.25) is 9.59 Å². The van der Waals surface area contributed by atoms with E-state index in [1.807, 2.05) is 42.5 Å². The number of amides is 2. The fourth-order valence-electron chi connectivity index (χ4n) is 2.91. The molecule has 0 spiro atoms. The molecule has 0 unspecified atom stereocenters. The Hall–Kier alpha value is -3.54. The van der Waals surface area contributed by atoms with Crippen LogP contribution in [0.15, 0.2) is 60.7 Å². The molecule has 2 amide bonds. The van der Waals surface area contributed by atoms with Gasteiger partial charge < -0.3 is 20.1 Å². The largest absolute Gasteiger partial charge is 0.492 e. The van der Waals surface area contributed by atoms with Crippen LogP contribution in [-0.4, -0.2) is 31.6 Å². The van der Waals surface area contributed by atoms with Gasteiger partial charge in [0.1, 0.15) is 18.1 Å². The molecule has 6 heteroatoms. The van der Waals surface area contributed by atoms with Gasteiger partial charge >= 0.3 is 0 Å². The molecule has 0 atom stereocenters. The Kier molecular flexibility index (Phi) is 4.61. The number of carbonyl (C=O) groups is 2. The lowest BCUT2D eigenvalue weighted by atomic mass is 10.1. The van der Waals surface area contributed by atoms with Gasteiger partial charge in [0.05, 0.1) is 12.2 Å². The Morgan fingerprint density at radius 1 is 1.07 bits per heavy atom. The second kappa shape index (κ2) is 7.37. The highest BCUT2D eigenvalue weighted by Gasteiger charge is 2.17. The number of carbonyl (C=O) groups excluding carboxylic acids is 2. The van der Waals surface area contributed by atoms with Gasteiger partial charge in [-0.1, -0.05) is 30.3 Å². The lowest BCUT2D eigenvalue weighted by Crippen LogP contribution is -2.29. The summed E-state index contributed by atoms with van der Waals surface area (Å²) >= 11 is 0. The highest BCUT2D eigenvalue weighted by Crippen LogP contribution is 2.28. The zero-order valence-electron chi connectivity index (χ0n) is 14.5. The summed E-state index contributed by atoms with van der Waals surface area (Å²) in [5, 5.41) is 7.78. The minimum absolute atomic E-state index is 0.0440. The standard InChI is InChI=1S/C21H18N2O4/c24-20-13-27-19-12-16(6-8-18(19)23-20)21(25)22-9-10-26-17-7-5-14-3-1-2-4-15(14)11-17/h1-8,11-12H,9-10,13H2,(H,22,25)(H,23,24). The van der Waals surface area contributed by atoms with E-state index in [1.54, 1.807) is 18.2 Å². The summed E-state index contributed by atoms with van der Waals surface area (Å²) in [5.41, 5.74) is 1.04. The van der Waals surface area contributed by atoms with Crippen LogP contribution < -0.4 is 20.1 Å². The zero-order valence-corrected chi connectivity index (χ0v) is 14.5. The molecule has 0 saturated carbocycles. The van der Waals surface area contributed by atoms with Crippen LogP contribution >= 0.6 is 0 Å². The van der Waals surface area contributed by atoms with Gasteiger partial charge in [-0.2, -0.15) is 0 Å². The Bertz CT molecular complexity index is 1020. The number of fused-ring (bicyclic) bond motifs is 2. The number of benzene rings is 3. The number of ether oxygens (including phenoxy) is 2. The second-order valence-corrected chi connectivity index (χ2v) is 6.16. The van der Waals surface area contributed by atoms with Crippen LogP contribution in [0.5, 0.6) is 11.5 Å². The molecule has 6 nitrogen and oxygen atoms in total. The first-order valence-electron chi connectivity index (χ1n) is 8.65. The van der Waals surface area contributed by atoms with Gasteiger partial charge in [-0.05, 0) is 41.1 Å².